The number of fused-ring (bicyclic) bond motifs is 1. The predicted molar refractivity (Wildman–Crippen MR) is 49.3 cm³/mol. The van der Waals surface area contributed by atoms with E-state index in [9.17, 15) is 0 Å². The van der Waals surface area contributed by atoms with Gasteiger partial charge in [0.2, 0.25) is 5.28 Å². The third kappa shape index (κ3) is 1.28. The Morgan fingerprint density at radius 1 is 1.38 bits per heavy atom. The van der Waals surface area contributed by atoms with Crippen molar-refractivity contribution in [2.75, 3.05) is 0 Å². The average molecular weight is 212 g/mol. The molecule has 1 aliphatic carbocycles. The fourth-order valence-corrected chi connectivity index (χ4v) is 1.79. The summed E-state index contributed by atoms with van der Waals surface area (Å²) in [6.45, 7) is 0. The normalized spacial score (nSPS) is 13.5. The molecule has 1 aromatic heterocycles. The highest BCUT2D eigenvalue weighted by Gasteiger charge is 2.20. The molecule has 1 aromatic rings. The summed E-state index contributed by atoms with van der Waals surface area (Å²) >= 11 is 11.4. The second kappa shape index (κ2) is 2.99. The van der Waals surface area contributed by atoms with Crippen LogP contribution < -0.4 is 0 Å². The Hall–Kier alpha value is -1.11. The van der Waals surface area contributed by atoms with Crippen molar-refractivity contribution in [1.29, 1.82) is 5.26 Å². The average Bonchev–Trinajstić information content (AvgIpc) is 2.47. The molecule has 0 fully saturated rings. The summed E-state index contributed by atoms with van der Waals surface area (Å²) in [5, 5.41) is 9.11. The minimum Gasteiger partial charge on any atom is -0.222 e. The molecular weight excluding hydrogens is 209 g/mol. The summed E-state index contributed by atoms with van der Waals surface area (Å²) < 4.78 is 0. The maximum absolute atomic E-state index is 8.74. The molecule has 1 heterocycles. The fourth-order valence-electron chi connectivity index (χ4n) is 1.26. The predicted octanol–water partition coefficient (Wildman–Crippen LogP) is 2.25. The Labute approximate surface area is 84.6 Å². The van der Waals surface area contributed by atoms with Gasteiger partial charge >= 0.3 is 0 Å². The smallest absolute Gasteiger partial charge is 0.222 e. The van der Waals surface area contributed by atoms with Gasteiger partial charge in [-0.3, -0.25) is 0 Å². The number of hydrogen-bond donors (Lipinski definition) is 0. The number of allylic oxidation sites excluding steroid dienone is 2. The highest BCUT2D eigenvalue weighted by molar-refractivity contribution is 6.33. The third-order valence-corrected chi connectivity index (χ3v) is 2.24. The largest absolute Gasteiger partial charge is 0.224 e. The Balaban J connectivity index is 2.66. The summed E-state index contributed by atoms with van der Waals surface area (Å²) in [5.41, 5.74) is 1.87. The van der Waals surface area contributed by atoms with Crippen molar-refractivity contribution in [3.8, 4) is 6.07 Å². The van der Waals surface area contributed by atoms with Crippen LogP contribution >= 0.6 is 23.2 Å². The van der Waals surface area contributed by atoms with Gasteiger partial charge in [-0.05, 0) is 11.6 Å². The van der Waals surface area contributed by atoms with Gasteiger partial charge in [0.1, 0.15) is 5.15 Å². The molecule has 5 heteroatoms. The molecule has 0 atom stereocenters. The maximum atomic E-state index is 8.74. The van der Waals surface area contributed by atoms with Gasteiger partial charge in [-0.15, -0.1) is 0 Å². The lowest BCUT2D eigenvalue weighted by Crippen LogP contribution is -1.94. The van der Waals surface area contributed by atoms with Gasteiger partial charge in [-0.2, -0.15) is 5.26 Å². The van der Waals surface area contributed by atoms with E-state index in [0.29, 0.717) is 17.6 Å². The first-order valence-corrected chi connectivity index (χ1v) is 4.30. The topological polar surface area (TPSA) is 49.6 Å². The summed E-state index contributed by atoms with van der Waals surface area (Å²) in [6, 6.07) is 2.03. The van der Waals surface area contributed by atoms with E-state index in [0.717, 1.165) is 5.69 Å². The van der Waals surface area contributed by atoms with Crippen molar-refractivity contribution in [2.45, 2.75) is 6.42 Å². The quantitative estimate of drug-likeness (QED) is 0.489. The molecule has 0 bridgehead atoms. The molecule has 0 aliphatic heterocycles. The number of hydrogen-bond acceptors (Lipinski definition) is 3. The first-order valence-electron chi connectivity index (χ1n) is 3.55. The Morgan fingerprint density at radius 2 is 2.15 bits per heavy atom. The van der Waals surface area contributed by atoms with Gasteiger partial charge in [-0.1, -0.05) is 17.7 Å². The minimum atomic E-state index is 0.122. The molecular formula is C8H3Cl2N3. The van der Waals surface area contributed by atoms with Crippen LogP contribution in [-0.2, 0) is 6.42 Å². The lowest BCUT2D eigenvalue weighted by molar-refractivity contribution is 1.06. The monoisotopic (exact) mass is 211 g/mol. The Bertz CT molecular complexity index is 445. The van der Waals surface area contributed by atoms with Crippen LogP contribution in [0.25, 0.3) is 5.57 Å². The van der Waals surface area contributed by atoms with Crippen LogP contribution in [0.3, 0.4) is 0 Å². The van der Waals surface area contributed by atoms with Crippen molar-refractivity contribution in [3.05, 3.63) is 27.8 Å². The van der Waals surface area contributed by atoms with Gasteiger partial charge < -0.3 is 0 Å². The number of nitrogens with zero attached hydrogens (tertiary/aromatic N) is 3. The highest BCUT2D eigenvalue weighted by Crippen LogP contribution is 2.31. The van der Waals surface area contributed by atoms with E-state index in [-0.39, 0.29) is 10.4 Å². The fraction of sp³-hybridized carbons (Fsp3) is 0.125. The van der Waals surface area contributed by atoms with Gasteiger partial charge in [0.15, 0.2) is 0 Å². The first-order chi connectivity index (χ1) is 6.22. The summed E-state index contributed by atoms with van der Waals surface area (Å²) in [6.07, 6.45) is 2.36. The first kappa shape index (κ1) is 8.49. The number of nitriles is 1. The molecule has 0 spiro atoms. The van der Waals surface area contributed by atoms with E-state index in [4.69, 9.17) is 28.5 Å². The van der Waals surface area contributed by atoms with Crippen molar-refractivity contribution >= 4 is 28.8 Å². The second-order valence-electron chi connectivity index (χ2n) is 2.54. The Kier molecular flexibility index (Phi) is 1.95. The van der Waals surface area contributed by atoms with Crippen LogP contribution in [0.1, 0.15) is 11.3 Å². The van der Waals surface area contributed by atoms with Crippen molar-refractivity contribution < 1.29 is 0 Å². The highest BCUT2D eigenvalue weighted by atomic mass is 35.5. The zero-order valence-corrected chi connectivity index (χ0v) is 7.89. The van der Waals surface area contributed by atoms with E-state index in [1.165, 1.54) is 0 Å². The SMILES string of the molecule is N#CC1=CCc2nc(Cl)nc(Cl)c21. The lowest BCUT2D eigenvalue weighted by atomic mass is 10.2. The van der Waals surface area contributed by atoms with Crippen LogP contribution in [0.5, 0.6) is 0 Å². The minimum absolute atomic E-state index is 0.122. The van der Waals surface area contributed by atoms with Crippen molar-refractivity contribution in [3.63, 3.8) is 0 Å². The van der Waals surface area contributed by atoms with Crippen LogP contribution in [0, 0.1) is 11.3 Å². The molecule has 0 saturated heterocycles. The molecule has 13 heavy (non-hydrogen) atoms. The summed E-state index contributed by atoms with van der Waals surface area (Å²) in [7, 11) is 0. The number of aromatic nitrogens is 2. The number of rotatable bonds is 0. The summed E-state index contributed by atoms with van der Waals surface area (Å²) in [4.78, 5) is 7.75. The molecule has 0 amide bonds. The van der Waals surface area contributed by atoms with E-state index < -0.39 is 0 Å². The van der Waals surface area contributed by atoms with Gasteiger partial charge in [0.25, 0.3) is 0 Å². The molecule has 3 nitrogen and oxygen atoms in total. The molecule has 0 unspecified atom stereocenters. The standard InChI is InChI=1S/C8H3Cl2N3/c9-7-6-4(3-11)1-2-5(6)12-8(10)13-7/h1H,2H2. The van der Waals surface area contributed by atoms with Crippen LogP contribution in [-0.4, -0.2) is 9.97 Å². The van der Waals surface area contributed by atoms with Gasteiger partial charge in [-0.25, -0.2) is 9.97 Å². The van der Waals surface area contributed by atoms with Gasteiger partial charge in [0.05, 0.1) is 22.9 Å². The van der Waals surface area contributed by atoms with E-state index in [1.54, 1.807) is 6.08 Å². The van der Waals surface area contributed by atoms with E-state index in [2.05, 4.69) is 9.97 Å². The molecule has 64 valence electrons. The third-order valence-electron chi connectivity index (χ3n) is 1.80. The van der Waals surface area contributed by atoms with Gasteiger partial charge in [0, 0.05) is 6.42 Å². The molecule has 0 radical (unpaired) electrons. The lowest BCUT2D eigenvalue weighted by Gasteiger charge is -2.00. The van der Waals surface area contributed by atoms with Crippen LogP contribution in [0.2, 0.25) is 10.4 Å². The molecule has 0 aromatic carbocycles. The number of halogens is 2. The maximum Gasteiger partial charge on any atom is 0.224 e. The molecule has 0 N–H and O–H groups in total. The van der Waals surface area contributed by atoms with E-state index in [1.807, 2.05) is 6.07 Å². The van der Waals surface area contributed by atoms with Crippen molar-refractivity contribution in [2.24, 2.45) is 0 Å². The van der Waals surface area contributed by atoms with Crippen LogP contribution in [0.15, 0.2) is 6.08 Å². The molecule has 0 saturated carbocycles. The molecule has 2 rings (SSSR count). The van der Waals surface area contributed by atoms with Crippen LogP contribution in [0.4, 0.5) is 0 Å². The second-order valence-corrected chi connectivity index (χ2v) is 3.23. The van der Waals surface area contributed by atoms with Crippen molar-refractivity contribution in [1.82, 2.24) is 9.97 Å². The zero-order valence-electron chi connectivity index (χ0n) is 6.38. The zero-order chi connectivity index (χ0) is 9.42. The van der Waals surface area contributed by atoms with E-state index >= 15 is 0 Å². The summed E-state index contributed by atoms with van der Waals surface area (Å²) in [5.74, 6) is 0. The molecule has 1 aliphatic rings. The Morgan fingerprint density at radius 3 is 2.85 bits per heavy atom.